The number of likely N-dealkylation sites (tertiary alicyclic amines) is 1. The Kier molecular flexibility index (Phi) is 7.29. The van der Waals surface area contributed by atoms with Gasteiger partial charge in [0, 0.05) is 19.1 Å². The van der Waals surface area contributed by atoms with Crippen molar-refractivity contribution in [3.05, 3.63) is 0 Å². The highest BCUT2D eigenvalue weighted by Gasteiger charge is 2.34. The average Bonchev–Trinajstić information content (AvgIpc) is 2.51. The molecule has 0 spiro atoms. The molecule has 6 nitrogen and oxygen atoms in total. The van der Waals surface area contributed by atoms with Crippen LogP contribution in [0.1, 0.15) is 53.9 Å². The molecule has 1 heterocycles. The van der Waals surface area contributed by atoms with Crippen LogP contribution in [0.15, 0.2) is 0 Å². The second kappa shape index (κ2) is 8.31. The molecule has 1 amide bonds. The van der Waals surface area contributed by atoms with Crippen molar-refractivity contribution in [1.82, 2.24) is 10.2 Å². The van der Waals surface area contributed by atoms with Crippen LogP contribution >= 0.6 is 0 Å². The van der Waals surface area contributed by atoms with Crippen molar-refractivity contribution in [3.8, 4) is 0 Å². The lowest BCUT2D eigenvalue weighted by Gasteiger charge is -2.40. The van der Waals surface area contributed by atoms with E-state index in [1.54, 1.807) is 4.90 Å². The molecule has 1 rings (SSSR count). The van der Waals surface area contributed by atoms with E-state index in [9.17, 15) is 15.0 Å². The molecule has 1 saturated heterocycles. The Bertz CT molecular complexity index is 369. The lowest BCUT2D eigenvalue weighted by Crippen LogP contribution is -2.58. The van der Waals surface area contributed by atoms with Crippen LogP contribution in [0.3, 0.4) is 0 Å². The summed E-state index contributed by atoms with van der Waals surface area (Å²) in [6.45, 7) is 10.8. The quantitative estimate of drug-likeness (QED) is 0.691. The summed E-state index contributed by atoms with van der Waals surface area (Å²) in [5.41, 5.74) is -1.15. The molecule has 0 aliphatic carbocycles. The van der Waals surface area contributed by atoms with Gasteiger partial charge in [-0.15, -0.1) is 0 Å². The molecule has 0 radical (unpaired) electrons. The van der Waals surface area contributed by atoms with Gasteiger partial charge in [0.15, 0.2) is 0 Å². The molecule has 2 atom stereocenters. The van der Waals surface area contributed by atoms with Gasteiger partial charge < -0.3 is 25.2 Å². The van der Waals surface area contributed by atoms with Gasteiger partial charge >= 0.3 is 6.09 Å². The number of rotatable bonds is 6. The molecule has 0 bridgehead atoms. The van der Waals surface area contributed by atoms with E-state index in [1.807, 2.05) is 27.7 Å². The molecule has 0 saturated carbocycles. The molecule has 1 fully saturated rings. The number of piperidine rings is 1. The summed E-state index contributed by atoms with van der Waals surface area (Å²) < 4.78 is 5.46. The molecule has 2 unspecified atom stereocenters. The maximum absolute atomic E-state index is 12.2. The third-order valence-corrected chi connectivity index (χ3v) is 4.63. The van der Waals surface area contributed by atoms with Gasteiger partial charge in [-0.3, -0.25) is 0 Å². The number of carbonyl (C=O) groups is 1. The monoisotopic (exact) mass is 330 g/mol. The molecule has 1 aliphatic rings. The number of aliphatic hydroxyl groups is 2. The number of nitrogens with zero attached hydrogens (tertiary/aromatic N) is 1. The van der Waals surface area contributed by atoms with E-state index in [1.165, 1.54) is 0 Å². The number of hydrogen-bond donors (Lipinski definition) is 3. The maximum Gasteiger partial charge on any atom is 0.410 e. The minimum atomic E-state index is -0.659. The Hall–Kier alpha value is -0.850. The second-order valence-electron chi connectivity index (χ2n) is 7.71. The summed E-state index contributed by atoms with van der Waals surface area (Å²) in [6, 6.07) is 0.0967. The Labute approximate surface area is 140 Å². The first-order valence-electron chi connectivity index (χ1n) is 8.63. The molecule has 6 heteroatoms. The van der Waals surface area contributed by atoms with Gasteiger partial charge in [-0.1, -0.05) is 6.92 Å². The van der Waals surface area contributed by atoms with Crippen LogP contribution in [0.4, 0.5) is 4.79 Å². The van der Waals surface area contributed by atoms with Crippen LogP contribution in [0, 0.1) is 5.92 Å². The van der Waals surface area contributed by atoms with Crippen LogP contribution in [0.2, 0.25) is 0 Å². The number of carbonyl (C=O) groups excluding carboxylic acids is 1. The Balaban J connectivity index is 2.65. The van der Waals surface area contributed by atoms with Crippen LogP contribution in [0.5, 0.6) is 0 Å². The summed E-state index contributed by atoms with van der Waals surface area (Å²) in [6.07, 6.45) is 2.34. The Morgan fingerprint density at radius 3 is 2.43 bits per heavy atom. The fourth-order valence-corrected chi connectivity index (χ4v) is 2.98. The van der Waals surface area contributed by atoms with Gasteiger partial charge in [-0.25, -0.2) is 4.79 Å². The standard InChI is InChI=1S/C17H34N2O4/c1-6-17(11-20,12-21)18-13(2)14-8-7-9-19(10-14)15(22)23-16(3,4)5/h13-14,18,20-21H,6-12H2,1-5H3. The van der Waals surface area contributed by atoms with E-state index >= 15 is 0 Å². The first-order chi connectivity index (χ1) is 10.7. The van der Waals surface area contributed by atoms with Crippen molar-refractivity contribution in [2.24, 2.45) is 5.92 Å². The molecular formula is C17H34N2O4. The van der Waals surface area contributed by atoms with Crippen LogP contribution in [0.25, 0.3) is 0 Å². The van der Waals surface area contributed by atoms with E-state index in [0.29, 0.717) is 13.0 Å². The minimum Gasteiger partial charge on any atom is -0.444 e. The lowest BCUT2D eigenvalue weighted by molar-refractivity contribution is 0.0116. The average molecular weight is 330 g/mol. The van der Waals surface area contributed by atoms with Gasteiger partial charge in [0.2, 0.25) is 0 Å². The highest BCUT2D eigenvalue weighted by atomic mass is 16.6. The first kappa shape index (κ1) is 20.2. The highest BCUT2D eigenvalue weighted by molar-refractivity contribution is 5.68. The predicted octanol–water partition coefficient (Wildman–Crippen LogP) is 1.74. The van der Waals surface area contributed by atoms with E-state index in [0.717, 1.165) is 19.4 Å². The molecule has 1 aliphatic heterocycles. The zero-order valence-electron chi connectivity index (χ0n) is 15.3. The molecule has 0 aromatic heterocycles. The van der Waals surface area contributed by atoms with Crippen LogP contribution in [-0.2, 0) is 4.74 Å². The second-order valence-corrected chi connectivity index (χ2v) is 7.71. The zero-order chi connectivity index (χ0) is 17.7. The summed E-state index contributed by atoms with van der Waals surface area (Å²) in [5.74, 6) is 0.278. The van der Waals surface area contributed by atoms with Crippen LogP contribution < -0.4 is 5.32 Å². The van der Waals surface area contributed by atoms with Gasteiger partial charge in [0.1, 0.15) is 5.60 Å². The Morgan fingerprint density at radius 2 is 1.96 bits per heavy atom. The highest BCUT2D eigenvalue weighted by Crippen LogP contribution is 2.23. The molecule has 0 aromatic carbocycles. The zero-order valence-corrected chi connectivity index (χ0v) is 15.3. The predicted molar refractivity (Wildman–Crippen MR) is 90.3 cm³/mol. The summed E-state index contributed by atoms with van der Waals surface area (Å²) in [4.78, 5) is 14.0. The number of amides is 1. The van der Waals surface area contributed by atoms with Crippen LogP contribution in [-0.4, -0.2) is 64.7 Å². The van der Waals surface area contributed by atoms with Crippen molar-refractivity contribution < 1.29 is 19.7 Å². The lowest BCUT2D eigenvalue weighted by atomic mass is 9.88. The molecular weight excluding hydrogens is 296 g/mol. The van der Waals surface area contributed by atoms with E-state index < -0.39 is 11.1 Å². The van der Waals surface area contributed by atoms with Crippen molar-refractivity contribution in [2.45, 2.75) is 71.1 Å². The minimum absolute atomic E-state index is 0.0967. The summed E-state index contributed by atoms with van der Waals surface area (Å²) in [5, 5.41) is 22.5. The number of hydrogen-bond acceptors (Lipinski definition) is 5. The topological polar surface area (TPSA) is 82.0 Å². The van der Waals surface area contributed by atoms with Crippen molar-refractivity contribution >= 4 is 6.09 Å². The summed E-state index contributed by atoms with van der Waals surface area (Å²) in [7, 11) is 0. The fraction of sp³-hybridized carbons (Fsp3) is 0.941. The van der Waals surface area contributed by atoms with Gasteiger partial charge in [-0.05, 0) is 52.9 Å². The number of nitrogens with one attached hydrogen (secondary N) is 1. The molecule has 23 heavy (non-hydrogen) atoms. The fourth-order valence-electron chi connectivity index (χ4n) is 2.98. The number of ether oxygens (including phenoxy) is 1. The largest absolute Gasteiger partial charge is 0.444 e. The van der Waals surface area contributed by atoms with E-state index in [4.69, 9.17) is 4.74 Å². The molecule has 0 aromatic rings. The summed E-state index contributed by atoms with van der Waals surface area (Å²) >= 11 is 0. The SMILES string of the molecule is CCC(CO)(CO)NC(C)C1CCCN(C(=O)OC(C)(C)C)C1. The van der Waals surface area contributed by atoms with Gasteiger partial charge in [0.05, 0.1) is 18.8 Å². The van der Waals surface area contributed by atoms with Gasteiger partial charge in [0.25, 0.3) is 0 Å². The van der Waals surface area contributed by atoms with Crippen molar-refractivity contribution in [2.75, 3.05) is 26.3 Å². The smallest absolute Gasteiger partial charge is 0.410 e. The maximum atomic E-state index is 12.2. The molecule has 136 valence electrons. The third-order valence-electron chi connectivity index (χ3n) is 4.63. The number of aliphatic hydroxyl groups excluding tert-OH is 2. The van der Waals surface area contributed by atoms with Crippen molar-refractivity contribution in [1.29, 1.82) is 0 Å². The van der Waals surface area contributed by atoms with Gasteiger partial charge in [-0.2, -0.15) is 0 Å². The van der Waals surface area contributed by atoms with Crippen molar-refractivity contribution in [3.63, 3.8) is 0 Å². The van der Waals surface area contributed by atoms with E-state index in [-0.39, 0.29) is 31.3 Å². The molecule has 3 N–H and O–H groups in total. The Morgan fingerprint density at radius 1 is 1.35 bits per heavy atom. The third kappa shape index (κ3) is 5.94. The normalized spacial score (nSPS) is 21.2. The van der Waals surface area contributed by atoms with E-state index in [2.05, 4.69) is 12.2 Å². The first-order valence-corrected chi connectivity index (χ1v) is 8.63.